The van der Waals surface area contributed by atoms with Crippen LogP contribution in [0.4, 0.5) is 0 Å². The number of carbonyl (C=O) groups is 1. The Kier molecular flexibility index (Phi) is 4.70. The molecule has 3 rings (SSSR count). The quantitative estimate of drug-likeness (QED) is 0.639. The predicted molar refractivity (Wildman–Crippen MR) is 97.8 cm³/mol. The van der Waals surface area contributed by atoms with Crippen molar-refractivity contribution in [1.82, 2.24) is 4.98 Å². The van der Waals surface area contributed by atoms with Gasteiger partial charge in [0.1, 0.15) is 0 Å². The molecule has 23 heavy (non-hydrogen) atoms. The van der Waals surface area contributed by atoms with Crippen LogP contribution in [0.2, 0.25) is 0 Å². The van der Waals surface area contributed by atoms with Gasteiger partial charge in [-0.3, -0.25) is 4.79 Å². The summed E-state index contributed by atoms with van der Waals surface area (Å²) in [4.78, 5) is 16.4. The minimum Gasteiger partial charge on any atom is -0.352 e. The Balaban J connectivity index is 2.14. The van der Waals surface area contributed by atoms with E-state index >= 15 is 0 Å². The number of nitrogens with one attached hydrogen (secondary N) is 1. The molecular weight excluding hydrogens is 282 g/mol. The first kappa shape index (κ1) is 16.0. The second kappa shape index (κ2) is 6.74. The molecule has 1 atom stereocenters. The molecule has 1 aliphatic carbocycles. The fourth-order valence-corrected chi connectivity index (χ4v) is 4.01. The number of H-pyrrole nitrogens is 1. The summed E-state index contributed by atoms with van der Waals surface area (Å²) in [5, 5.41) is 1.21. The first-order valence-electron chi connectivity index (χ1n) is 9.10. The van der Waals surface area contributed by atoms with Crippen LogP contribution >= 0.6 is 0 Å². The molecule has 1 aliphatic rings. The van der Waals surface area contributed by atoms with Crippen molar-refractivity contribution < 1.29 is 4.79 Å². The van der Waals surface area contributed by atoms with Crippen LogP contribution in [0.15, 0.2) is 29.8 Å². The molecule has 122 valence electrons. The average molecular weight is 309 g/mol. The Morgan fingerprint density at radius 1 is 1.09 bits per heavy atom. The highest BCUT2D eigenvalue weighted by Crippen LogP contribution is 2.46. The van der Waals surface area contributed by atoms with Crippen molar-refractivity contribution in [2.45, 2.75) is 59.3 Å². The molecule has 0 fully saturated rings. The maximum atomic E-state index is 13.0. The van der Waals surface area contributed by atoms with Gasteiger partial charge < -0.3 is 4.98 Å². The van der Waals surface area contributed by atoms with Crippen LogP contribution in [0.5, 0.6) is 0 Å². The van der Waals surface area contributed by atoms with Crippen LogP contribution in [0.1, 0.15) is 75.3 Å². The van der Waals surface area contributed by atoms with Crippen LogP contribution in [-0.4, -0.2) is 10.8 Å². The smallest absolute Gasteiger partial charge is 0.187 e. The van der Waals surface area contributed by atoms with Gasteiger partial charge in [-0.2, -0.15) is 0 Å². The van der Waals surface area contributed by atoms with Gasteiger partial charge in [0.2, 0.25) is 0 Å². The summed E-state index contributed by atoms with van der Waals surface area (Å²) in [7, 11) is 0. The number of fused-ring (bicyclic) bond motifs is 3. The maximum absolute atomic E-state index is 13.0. The van der Waals surface area contributed by atoms with E-state index in [1.165, 1.54) is 34.9 Å². The van der Waals surface area contributed by atoms with Gasteiger partial charge in [0.25, 0.3) is 0 Å². The van der Waals surface area contributed by atoms with Gasteiger partial charge in [-0.05, 0) is 30.9 Å². The van der Waals surface area contributed by atoms with Crippen molar-refractivity contribution in [1.29, 1.82) is 0 Å². The number of rotatable bonds is 6. The summed E-state index contributed by atoms with van der Waals surface area (Å²) in [6.45, 7) is 6.64. The zero-order chi connectivity index (χ0) is 16.4. The van der Waals surface area contributed by atoms with E-state index in [4.69, 9.17) is 0 Å². The molecule has 0 spiro atoms. The van der Waals surface area contributed by atoms with Gasteiger partial charge in [-0.25, -0.2) is 0 Å². The van der Waals surface area contributed by atoms with E-state index in [0.29, 0.717) is 5.78 Å². The van der Waals surface area contributed by atoms with Crippen molar-refractivity contribution >= 4 is 22.3 Å². The van der Waals surface area contributed by atoms with Crippen molar-refractivity contribution in [3.63, 3.8) is 0 Å². The number of aromatic nitrogens is 1. The number of unbranched alkanes of at least 4 members (excludes halogenated alkanes) is 2. The van der Waals surface area contributed by atoms with E-state index in [1.54, 1.807) is 0 Å². The molecule has 1 aromatic heterocycles. The molecule has 0 amide bonds. The van der Waals surface area contributed by atoms with Crippen molar-refractivity contribution in [3.8, 4) is 0 Å². The van der Waals surface area contributed by atoms with Gasteiger partial charge in [-0.15, -0.1) is 0 Å². The lowest BCUT2D eigenvalue weighted by atomic mass is 9.87. The molecular formula is C21H27NO. The lowest BCUT2D eigenvalue weighted by Crippen LogP contribution is -2.10. The molecule has 0 saturated carbocycles. The predicted octanol–water partition coefficient (Wildman–Crippen LogP) is 6.13. The first-order chi connectivity index (χ1) is 11.2. The zero-order valence-corrected chi connectivity index (χ0v) is 14.5. The lowest BCUT2D eigenvalue weighted by Gasteiger charge is -2.16. The molecule has 0 saturated heterocycles. The Bertz CT molecular complexity index is 744. The highest BCUT2D eigenvalue weighted by atomic mass is 16.1. The lowest BCUT2D eigenvalue weighted by molar-refractivity contribution is 0.0948. The van der Waals surface area contributed by atoms with Crippen LogP contribution in [-0.2, 0) is 0 Å². The minimum absolute atomic E-state index is 0.0716. The minimum atomic E-state index is 0.0716. The number of benzene rings is 1. The summed E-state index contributed by atoms with van der Waals surface area (Å²) in [6.07, 6.45) is 6.59. The number of carbonyl (C=O) groups excluding carboxylic acids is 1. The molecule has 1 aromatic carbocycles. The van der Waals surface area contributed by atoms with E-state index in [0.717, 1.165) is 36.9 Å². The number of para-hydroxylation sites is 1. The molecule has 0 bridgehead atoms. The van der Waals surface area contributed by atoms with E-state index in [-0.39, 0.29) is 5.92 Å². The third kappa shape index (κ3) is 2.65. The first-order valence-corrected chi connectivity index (χ1v) is 9.10. The summed E-state index contributed by atoms with van der Waals surface area (Å²) in [5.41, 5.74) is 5.92. The molecule has 1 heterocycles. The number of ketones is 1. The van der Waals surface area contributed by atoms with Crippen LogP contribution in [0.3, 0.4) is 0 Å². The average Bonchev–Trinajstić information content (AvgIpc) is 3.07. The largest absolute Gasteiger partial charge is 0.352 e. The van der Waals surface area contributed by atoms with E-state index in [1.807, 2.05) is 6.07 Å². The number of aromatic amines is 1. The SMILES string of the molecule is CCCCCC1C(=O)c2[nH]c3ccccc3c2C1=C(CC)CC. The van der Waals surface area contributed by atoms with Gasteiger partial charge in [0.05, 0.1) is 5.69 Å². The van der Waals surface area contributed by atoms with E-state index in [2.05, 4.69) is 44.0 Å². The summed E-state index contributed by atoms with van der Waals surface area (Å²) in [6, 6.07) is 8.32. The molecule has 2 aromatic rings. The fraction of sp³-hybridized carbons (Fsp3) is 0.476. The van der Waals surface area contributed by atoms with Gasteiger partial charge in [-0.1, -0.05) is 63.8 Å². The third-order valence-corrected chi connectivity index (χ3v) is 5.22. The summed E-state index contributed by atoms with van der Waals surface area (Å²) < 4.78 is 0. The second-order valence-electron chi connectivity index (χ2n) is 6.56. The summed E-state index contributed by atoms with van der Waals surface area (Å²) in [5.74, 6) is 0.379. The fourth-order valence-electron chi connectivity index (χ4n) is 4.01. The number of Topliss-reactive ketones (excluding diaryl/α,β-unsaturated/α-hetero) is 1. The number of hydrogen-bond donors (Lipinski definition) is 1. The molecule has 2 heteroatoms. The monoisotopic (exact) mass is 309 g/mol. The molecule has 0 radical (unpaired) electrons. The Labute approximate surface area is 139 Å². The van der Waals surface area contributed by atoms with Crippen molar-refractivity contribution in [2.75, 3.05) is 0 Å². The standard InChI is InChI=1S/C21H27NO/c1-4-7-8-12-16-18(14(5-2)6-3)19-15-11-9-10-13-17(15)22-20(19)21(16)23/h9-11,13,16,22H,4-8,12H2,1-3H3. The number of allylic oxidation sites excluding steroid dienone is 2. The third-order valence-electron chi connectivity index (χ3n) is 5.22. The van der Waals surface area contributed by atoms with Gasteiger partial charge in [0, 0.05) is 22.4 Å². The number of hydrogen-bond acceptors (Lipinski definition) is 1. The Morgan fingerprint density at radius 2 is 1.83 bits per heavy atom. The molecule has 1 unspecified atom stereocenters. The molecule has 2 nitrogen and oxygen atoms in total. The van der Waals surface area contributed by atoms with Crippen molar-refractivity contribution in [3.05, 3.63) is 41.1 Å². The molecule has 1 N–H and O–H groups in total. The highest BCUT2D eigenvalue weighted by molar-refractivity contribution is 6.19. The maximum Gasteiger partial charge on any atom is 0.187 e. The Morgan fingerprint density at radius 3 is 2.52 bits per heavy atom. The van der Waals surface area contributed by atoms with E-state index < -0.39 is 0 Å². The van der Waals surface area contributed by atoms with Crippen LogP contribution in [0.25, 0.3) is 16.5 Å². The van der Waals surface area contributed by atoms with Gasteiger partial charge in [0.15, 0.2) is 5.78 Å². The summed E-state index contributed by atoms with van der Waals surface area (Å²) >= 11 is 0. The topological polar surface area (TPSA) is 32.9 Å². The van der Waals surface area contributed by atoms with Crippen molar-refractivity contribution in [2.24, 2.45) is 5.92 Å². The Hall–Kier alpha value is -1.83. The van der Waals surface area contributed by atoms with Crippen LogP contribution in [0, 0.1) is 5.92 Å². The zero-order valence-electron chi connectivity index (χ0n) is 14.5. The van der Waals surface area contributed by atoms with Crippen LogP contribution < -0.4 is 0 Å². The second-order valence-corrected chi connectivity index (χ2v) is 6.56. The normalized spacial score (nSPS) is 17.1. The van der Waals surface area contributed by atoms with E-state index in [9.17, 15) is 4.79 Å². The molecule has 0 aliphatic heterocycles. The van der Waals surface area contributed by atoms with Gasteiger partial charge >= 0.3 is 0 Å². The highest BCUT2D eigenvalue weighted by Gasteiger charge is 2.38.